The van der Waals surface area contributed by atoms with Crippen LogP contribution in [-0.2, 0) is 19.4 Å². The highest BCUT2D eigenvalue weighted by atomic mass is 16.3. The van der Waals surface area contributed by atoms with Crippen molar-refractivity contribution in [2.24, 2.45) is 0 Å². The molecule has 3 nitrogen and oxygen atoms in total. The maximum atomic E-state index is 13.2. The van der Waals surface area contributed by atoms with Crippen LogP contribution in [-0.4, -0.2) is 17.4 Å². The van der Waals surface area contributed by atoms with Gasteiger partial charge in [0.1, 0.15) is 5.76 Å². The van der Waals surface area contributed by atoms with E-state index < -0.39 is 0 Å². The van der Waals surface area contributed by atoms with Gasteiger partial charge in [0.2, 0.25) is 0 Å². The van der Waals surface area contributed by atoms with E-state index in [-0.39, 0.29) is 5.91 Å². The summed E-state index contributed by atoms with van der Waals surface area (Å²) in [5.41, 5.74) is 3.27. The standard InChI is InChI=1S/C26H31NO2/c1-2-3-4-6-12-23-14-16-24(17-15-23)26(28)27(21-25-13-9-20-29-25)19-18-22-10-7-5-8-11-22/h5,7-11,13-17,20H,2-4,6,12,18-19,21H2,1H3. The molecule has 0 unspecified atom stereocenters. The highest BCUT2D eigenvalue weighted by Crippen LogP contribution is 2.15. The van der Waals surface area contributed by atoms with E-state index in [1.54, 1.807) is 6.26 Å². The zero-order chi connectivity index (χ0) is 20.3. The molecular weight excluding hydrogens is 358 g/mol. The molecule has 0 saturated heterocycles. The Morgan fingerprint density at radius 3 is 2.28 bits per heavy atom. The fourth-order valence-corrected chi connectivity index (χ4v) is 3.50. The lowest BCUT2D eigenvalue weighted by Gasteiger charge is -2.22. The Morgan fingerprint density at radius 2 is 1.59 bits per heavy atom. The van der Waals surface area contributed by atoms with Gasteiger partial charge in [-0.2, -0.15) is 0 Å². The molecular formula is C26H31NO2. The highest BCUT2D eigenvalue weighted by molar-refractivity contribution is 5.94. The van der Waals surface area contributed by atoms with Crippen LogP contribution in [0, 0.1) is 0 Å². The molecule has 0 aliphatic carbocycles. The Balaban J connectivity index is 1.64. The summed E-state index contributed by atoms with van der Waals surface area (Å²) in [4.78, 5) is 15.1. The summed E-state index contributed by atoms with van der Waals surface area (Å²) in [6, 6.07) is 22.2. The molecule has 0 N–H and O–H groups in total. The van der Waals surface area contributed by atoms with Crippen LogP contribution in [0.4, 0.5) is 0 Å². The van der Waals surface area contributed by atoms with Crippen molar-refractivity contribution in [3.05, 3.63) is 95.4 Å². The lowest BCUT2D eigenvalue weighted by atomic mass is 10.0. The quantitative estimate of drug-likeness (QED) is 0.361. The second kappa shape index (κ2) is 11.3. The van der Waals surface area contributed by atoms with Crippen molar-refractivity contribution in [1.29, 1.82) is 0 Å². The van der Waals surface area contributed by atoms with Gasteiger partial charge in [0.25, 0.3) is 5.91 Å². The van der Waals surface area contributed by atoms with E-state index in [2.05, 4.69) is 31.2 Å². The number of furan rings is 1. The largest absolute Gasteiger partial charge is 0.467 e. The van der Waals surface area contributed by atoms with E-state index in [0.29, 0.717) is 13.1 Å². The second-order valence-corrected chi connectivity index (χ2v) is 7.55. The third kappa shape index (κ3) is 6.63. The molecule has 0 saturated carbocycles. The van der Waals surface area contributed by atoms with Crippen LogP contribution in [0.3, 0.4) is 0 Å². The number of unbranched alkanes of at least 4 members (excludes halogenated alkanes) is 3. The molecule has 1 aromatic heterocycles. The summed E-state index contributed by atoms with van der Waals surface area (Å²) in [6.45, 7) is 3.37. The minimum Gasteiger partial charge on any atom is -0.467 e. The van der Waals surface area contributed by atoms with Crippen LogP contribution >= 0.6 is 0 Å². The number of rotatable bonds is 11. The fourth-order valence-electron chi connectivity index (χ4n) is 3.50. The lowest BCUT2D eigenvalue weighted by Crippen LogP contribution is -2.32. The van der Waals surface area contributed by atoms with E-state index in [9.17, 15) is 4.79 Å². The van der Waals surface area contributed by atoms with Crippen LogP contribution in [0.25, 0.3) is 0 Å². The minimum absolute atomic E-state index is 0.0508. The van der Waals surface area contributed by atoms with E-state index in [1.165, 1.54) is 36.8 Å². The molecule has 2 aromatic carbocycles. The SMILES string of the molecule is CCCCCCc1ccc(C(=O)N(CCc2ccccc2)Cc2ccco2)cc1. The zero-order valence-corrected chi connectivity index (χ0v) is 17.3. The molecule has 1 heterocycles. The summed E-state index contributed by atoms with van der Waals surface area (Å²) >= 11 is 0. The fraction of sp³-hybridized carbons (Fsp3) is 0.346. The average Bonchev–Trinajstić information content (AvgIpc) is 3.28. The number of nitrogens with zero attached hydrogens (tertiary/aromatic N) is 1. The molecule has 152 valence electrons. The van der Waals surface area contributed by atoms with E-state index in [1.807, 2.05) is 47.4 Å². The number of aryl methyl sites for hydroxylation is 1. The minimum atomic E-state index is 0.0508. The van der Waals surface area contributed by atoms with Crippen molar-refractivity contribution in [2.45, 2.75) is 52.0 Å². The molecule has 0 atom stereocenters. The van der Waals surface area contributed by atoms with Gasteiger partial charge in [-0.1, -0.05) is 68.7 Å². The maximum absolute atomic E-state index is 13.2. The van der Waals surface area contributed by atoms with Crippen molar-refractivity contribution >= 4 is 5.91 Å². The third-order valence-corrected chi connectivity index (χ3v) is 5.25. The first-order valence-corrected chi connectivity index (χ1v) is 10.7. The number of benzene rings is 2. The Morgan fingerprint density at radius 1 is 0.828 bits per heavy atom. The summed E-state index contributed by atoms with van der Waals surface area (Å²) in [7, 11) is 0. The van der Waals surface area contributed by atoms with Crippen LogP contribution in [0.1, 0.15) is 59.9 Å². The first-order valence-electron chi connectivity index (χ1n) is 10.7. The molecule has 3 aromatic rings. The smallest absolute Gasteiger partial charge is 0.254 e. The molecule has 0 aliphatic rings. The van der Waals surface area contributed by atoms with E-state index >= 15 is 0 Å². The summed E-state index contributed by atoms with van der Waals surface area (Å²) in [6.07, 6.45) is 8.59. The molecule has 0 radical (unpaired) electrons. The third-order valence-electron chi connectivity index (χ3n) is 5.25. The van der Waals surface area contributed by atoms with Crippen molar-refractivity contribution < 1.29 is 9.21 Å². The molecule has 0 spiro atoms. The molecule has 1 amide bonds. The Bertz CT molecular complexity index is 838. The Labute approximate surface area is 174 Å². The van der Waals surface area contributed by atoms with Gasteiger partial charge in [0, 0.05) is 12.1 Å². The van der Waals surface area contributed by atoms with Gasteiger partial charge in [-0.3, -0.25) is 4.79 Å². The number of hydrogen-bond donors (Lipinski definition) is 0. The van der Waals surface area contributed by atoms with Gasteiger partial charge in [-0.05, 0) is 54.7 Å². The average molecular weight is 390 g/mol. The van der Waals surface area contributed by atoms with Crippen molar-refractivity contribution in [1.82, 2.24) is 4.90 Å². The second-order valence-electron chi connectivity index (χ2n) is 7.55. The number of carbonyl (C=O) groups is 1. The summed E-state index contributed by atoms with van der Waals surface area (Å²) < 4.78 is 5.49. The van der Waals surface area contributed by atoms with Crippen LogP contribution in [0.15, 0.2) is 77.4 Å². The summed E-state index contributed by atoms with van der Waals surface area (Å²) in [5, 5.41) is 0. The van der Waals surface area contributed by atoms with Crippen molar-refractivity contribution in [2.75, 3.05) is 6.54 Å². The van der Waals surface area contributed by atoms with Crippen molar-refractivity contribution in [3.63, 3.8) is 0 Å². The summed E-state index contributed by atoms with van der Waals surface area (Å²) in [5.74, 6) is 0.855. The van der Waals surface area contributed by atoms with Gasteiger partial charge >= 0.3 is 0 Å². The van der Waals surface area contributed by atoms with Crippen LogP contribution < -0.4 is 0 Å². The molecule has 0 aliphatic heterocycles. The topological polar surface area (TPSA) is 33.5 Å². The molecule has 0 bridgehead atoms. The molecule has 3 rings (SSSR count). The normalized spacial score (nSPS) is 10.8. The van der Waals surface area contributed by atoms with Gasteiger partial charge in [-0.15, -0.1) is 0 Å². The number of hydrogen-bond acceptors (Lipinski definition) is 2. The predicted octanol–water partition coefficient (Wildman–Crippen LogP) is 6.29. The zero-order valence-electron chi connectivity index (χ0n) is 17.3. The number of carbonyl (C=O) groups excluding carboxylic acids is 1. The molecule has 0 fully saturated rings. The van der Waals surface area contributed by atoms with E-state index in [4.69, 9.17) is 4.42 Å². The lowest BCUT2D eigenvalue weighted by molar-refractivity contribution is 0.0733. The first kappa shape index (κ1) is 20.9. The molecule has 29 heavy (non-hydrogen) atoms. The number of amides is 1. The Hall–Kier alpha value is -2.81. The van der Waals surface area contributed by atoms with Crippen LogP contribution in [0.5, 0.6) is 0 Å². The predicted molar refractivity (Wildman–Crippen MR) is 118 cm³/mol. The highest BCUT2D eigenvalue weighted by Gasteiger charge is 2.17. The maximum Gasteiger partial charge on any atom is 0.254 e. The van der Waals surface area contributed by atoms with Gasteiger partial charge in [0.05, 0.1) is 12.8 Å². The van der Waals surface area contributed by atoms with Crippen LogP contribution in [0.2, 0.25) is 0 Å². The molecule has 3 heteroatoms. The monoisotopic (exact) mass is 389 g/mol. The van der Waals surface area contributed by atoms with E-state index in [0.717, 1.165) is 24.2 Å². The van der Waals surface area contributed by atoms with Gasteiger partial charge < -0.3 is 9.32 Å². The first-order chi connectivity index (χ1) is 14.3. The van der Waals surface area contributed by atoms with Gasteiger partial charge in [-0.25, -0.2) is 0 Å². The van der Waals surface area contributed by atoms with Crippen molar-refractivity contribution in [3.8, 4) is 0 Å². The van der Waals surface area contributed by atoms with Gasteiger partial charge in [0.15, 0.2) is 0 Å². The Kier molecular flexibility index (Phi) is 8.12.